The lowest BCUT2D eigenvalue weighted by atomic mass is 9.93. The van der Waals surface area contributed by atoms with Crippen molar-refractivity contribution in [1.82, 2.24) is 19.8 Å². The van der Waals surface area contributed by atoms with E-state index in [1.165, 1.54) is 0 Å². The molecule has 2 aromatic heterocycles. The van der Waals surface area contributed by atoms with Gasteiger partial charge in [0.15, 0.2) is 5.58 Å². The monoisotopic (exact) mass is 721 g/mol. The number of carbonyl (C=O) groups is 1. The molecule has 2 fully saturated rings. The van der Waals surface area contributed by atoms with E-state index in [9.17, 15) is 20.3 Å². The molecule has 0 radical (unpaired) electrons. The Morgan fingerprint density at radius 3 is 2.53 bits per heavy atom. The predicted octanol–water partition coefficient (Wildman–Crippen LogP) is 8.00. The number of β-amino-alcohol motifs (C(OH)–C–C–N with tert-alkyl or cyclic N) is 1. The van der Waals surface area contributed by atoms with Crippen LogP contribution in [0.15, 0.2) is 59.1 Å². The normalized spacial score (nSPS) is 18.3. The largest absolute Gasteiger partial charge is 0.481 e. The second-order valence-electron chi connectivity index (χ2n) is 13.5. The lowest BCUT2D eigenvalue weighted by molar-refractivity contribution is -0.141. The molecule has 5 aromatic rings. The Hall–Kier alpha value is -4.56. The van der Waals surface area contributed by atoms with Crippen LogP contribution in [0.25, 0.3) is 45.8 Å². The molecule has 2 saturated heterocycles. The van der Waals surface area contributed by atoms with E-state index in [-0.39, 0.29) is 12.0 Å². The van der Waals surface area contributed by atoms with Crippen molar-refractivity contribution in [3.63, 3.8) is 0 Å². The van der Waals surface area contributed by atoms with E-state index >= 15 is 0 Å². The molecule has 9 nitrogen and oxygen atoms in total. The Morgan fingerprint density at radius 2 is 1.78 bits per heavy atom. The number of aryl methyl sites for hydroxylation is 1. The summed E-state index contributed by atoms with van der Waals surface area (Å²) in [6, 6.07) is 17.9. The maximum absolute atomic E-state index is 11.4. The summed E-state index contributed by atoms with van der Waals surface area (Å²) in [6.45, 7) is 8.07. The molecule has 260 valence electrons. The number of likely N-dealkylation sites (tertiary alicyclic amines) is 2. The van der Waals surface area contributed by atoms with E-state index in [1.807, 2.05) is 74.5 Å². The fourth-order valence-corrected chi connectivity index (χ4v) is 7.73. The molecular weight excluding hydrogens is 685 g/mol. The first kappa shape index (κ1) is 34.9. The predicted molar refractivity (Wildman–Crippen MR) is 199 cm³/mol. The molecule has 4 heterocycles. The van der Waals surface area contributed by atoms with Gasteiger partial charge >= 0.3 is 5.97 Å². The lowest BCUT2D eigenvalue weighted by Crippen LogP contribution is -2.23. The highest BCUT2D eigenvalue weighted by Gasteiger charge is 2.28. The minimum atomic E-state index is -0.746. The number of rotatable bonds is 9. The highest BCUT2D eigenvalue weighted by atomic mass is 35.5. The number of aliphatic hydroxyl groups excluding tert-OH is 1. The molecule has 2 N–H and O–H groups in total. The van der Waals surface area contributed by atoms with E-state index in [0.29, 0.717) is 70.9 Å². The van der Waals surface area contributed by atoms with Gasteiger partial charge in [-0.25, -0.2) is 4.98 Å². The molecule has 3 aromatic carbocycles. The van der Waals surface area contributed by atoms with Crippen molar-refractivity contribution in [2.24, 2.45) is 5.92 Å². The number of nitriles is 1. The molecule has 2 atom stereocenters. The fraction of sp³-hybridized carbons (Fsp3) is 0.300. The van der Waals surface area contributed by atoms with Crippen LogP contribution in [-0.2, 0) is 17.9 Å². The smallest absolute Gasteiger partial charge is 0.307 e. The number of fused-ring (bicyclic) bond motifs is 1. The first-order chi connectivity index (χ1) is 24.6. The van der Waals surface area contributed by atoms with Crippen LogP contribution in [0.3, 0.4) is 0 Å². The summed E-state index contributed by atoms with van der Waals surface area (Å²) < 4.78 is 6.22. The molecular formula is C40H37Cl2N5O4. The number of pyridine rings is 1. The minimum absolute atomic E-state index is 0.295. The summed E-state index contributed by atoms with van der Waals surface area (Å²) in [5.74, 6) is -0.639. The zero-order valence-corrected chi connectivity index (χ0v) is 29.9. The quantitative estimate of drug-likeness (QED) is 0.156. The Bertz CT molecular complexity index is 2230. The van der Waals surface area contributed by atoms with Crippen molar-refractivity contribution < 1.29 is 19.4 Å². The number of carboxylic acids is 1. The van der Waals surface area contributed by atoms with Gasteiger partial charge in [-0.15, -0.1) is 0 Å². The molecule has 11 heteroatoms. The maximum Gasteiger partial charge on any atom is 0.307 e. The third kappa shape index (κ3) is 7.29. The summed E-state index contributed by atoms with van der Waals surface area (Å²) in [6.07, 6.45) is 6.49. The first-order valence-corrected chi connectivity index (χ1v) is 17.7. The third-order valence-corrected chi connectivity index (χ3v) is 10.6. The Balaban J connectivity index is 1.15. The van der Waals surface area contributed by atoms with Crippen LogP contribution in [0.2, 0.25) is 10.0 Å². The van der Waals surface area contributed by atoms with Crippen LogP contribution in [0, 0.1) is 31.1 Å². The van der Waals surface area contributed by atoms with E-state index in [1.54, 1.807) is 6.20 Å². The minimum Gasteiger partial charge on any atom is -0.481 e. The van der Waals surface area contributed by atoms with Gasteiger partial charge in [0.25, 0.3) is 0 Å². The molecule has 51 heavy (non-hydrogen) atoms. The zero-order chi connectivity index (χ0) is 35.8. The summed E-state index contributed by atoms with van der Waals surface area (Å²) >= 11 is 13.4. The zero-order valence-electron chi connectivity index (χ0n) is 28.4. The van der Waals surface area contributed by atoms with Gasteiger partial charge < -0.3 is 14.6 Å². The molecule has 0 bridgehead atoms. The van der Waals surface area contributed by atoms with E-state index in [2.05, 4.69) is 20.9 Å². The Kier molecular flexibility index (Phi) is 9.97. The summed E-state index contributed by atoms with van der Waals surface area (Å²) in [5.41, 5.74) is 9.31. The number of aliphatic carboxylic acids is 1. The second kappa shape index (κ2) is 14.6. The molecule has 0 saturated carbocycles. The average molecular weight is 723 g/mol. The lowest BCUT2D eigenvalue weighted by Gasteiger charge is -2.18. The first-order valence-electron chi connectivity index (χ1n) is 17.0. The number of aliphatic hydroxyl groups is 1. The fourth-order valence-electron chi connectivity index (χ4n) is 7.20. The van der Waals surface area contributed by atoms with Crippen LogP contribution >= 0.6 is 23.2 Å². The van der Waals surface area contributed by atoms with Crippen LogP contribution in [-0.4, -0.2) is 68.2 Å². The van der Waals surface area contributed by atoms with Gasteiger partial charge in [0.2, 0.25) is 5.89 Å². The number of hydrogen-bond donors (Lipinski definition) is 2. The van der Waals surface area contributed by atoms with E-state index in [0.717, 1.165) is 64.0 Å². The van der Waals surface area contributed by atoms with E-state index in [4.69, 9.17) is 32.6 Å². The number of halogens is 2. The van der Waals surface area contributed by atoms with Crippen LogP contribution in [0.4, 0.5) is 0 Å². The summed E-state index contributed by atoms with van der Waals surface area (Å²) in [4.78, 5) is 25.1. The highest BCUT2D eigenvalue weighted by molar-refractivity contribution is 6.34. The van der Waals surface area contributed by atoms with Gasteiger partial charge in [0.1, 0.15) is 11.6 Å². The maximum atomic E-state index is 11.4. The van der Waals surface area contributed by atoms with Crippen molar-refractivity contribution in [2.75, 3.05) is 26.2 Å². The molecule has 0 amide bonds. The van der Waals surface area contributed by atoms with Crippen molar-refractivity contribution in [3.8, 4) is 28.7 Å². The van der Waals surface area contributed by atoms with Crippen molar-refractivity contribution in [3.05, 3.63) is 104 Å². The molecule has 0 aliphatic carbocycles. The van der Waals surface area contributed by atoms with Crippen molar-refractivity contribution >= 4 is 52.4 Å². The SMILES string of the molecule is Cc1cc(/C=C/c2nccc(-c3cccc(-c4nc5cc(CN6CC[C@@H](O)C6)cc(Cl)c5o4)c3C)c2C#N)c(Cl)cc1CN1CC[C@@H](C(=O)O)C1. The molecule has 0 unspecified atom stereocenters. The standard InChI is InChI=1S/C40H37Cl2N5O4/c1-23-14-26(34(41)17-28(23)21-47-12-9-27(20-47)40(49)50)6-7-36-33(18-43)32(8-11-44-36)30-4-3-5-31(24(30)2)39-45-37-16-25(15-35(42)38(37)51-39)19-46-13-10-29(48)22-46/h3-8,11,14-17,27,29,48H,9-10,12-13,19-22H2,1-2H3,(H,49,50)/b7-6+/t27-,29-/m1/s1. The number of benzene rings is 3. The van der Waals surface area contributed by atoms with Crippen LogP contribution in [0.5, 0.6) is 0 Å². The number of hydrogen-bond acceptors (Lipinski definition) is 8. The summed E-state index contributed by atoms with van der Waals surface area (Å²) in [7, 11) is 0. The average Bonchev–Trinajstić information content (AvgIpc) is 3.86. The third-order valence-electron chi connectivity index (χ3n) is 10.00. The van der Waals surface area contributed by atoms with Crippen molar-refractivity contribution in [2.45, 2.75) is 45.9 Å². The van der Waals surface area contributed by atoms with E-state index < -0.39 is 5.97 Å². The van der Waals surface area contributed by atoms with Gasteiger partial charge in [0.05, 0.1) is 28.3 Å². The number of aromatic nitrogens is 2. The van der Waals surface area contributed by atoms with Gasteiger partial charge in [-0.3, -0.25) is 19.6 Å². The molecule has 7 rings (SSSR count). The number of oxazole rings is 1. The van der Waals surface area contributed by atoms with Gasteiger partial charge in [0, 0.05) is 55.1 Å². The highest BCUT2D eigenvalue weighted by Crippen LogP contribution is 2.37. The topological polar surface area (TPSA) is 127 Å². The molecule has 2 aliphatic rings. The molecule has 2 aliphatic heterocycles. The van der Waals surface area contributed by atoms with Crippen molar-refractivity contribution in [1.29, 1.82) is 5.26 Å². The van der Waals surface area contributed by atoms with Crippen LogP contribution in [0.1, 0.15) is 51.9 Å². The number of nitrogens with zero attached hydrogens (tertiary/aromatic N) is 5. The van der Waals surface area contributed by atoms with Gasteiger partial charge in [-0.2, -0.15) is 5.26 Å². The molecule has 0 spiro atoms. The Labute approximate surface area is 306 Å². The van der Waals surface area contributed by atoms with Gasteiger partial charge in [-0.05, 0) is 103 Å². The Morgan fingerprint density at radius 1 is 1.00 bits per heavy atom. The summed E-state index contributed by atoms with van der Waals surface area (Å²) in [5, 5.41) is 30.7. The van der Waals surface area contributed by atoms with Gasteiger partial charge in [-0.1, -0.05) is 47.5 Å². The number of carboxylic acid groups (broad SMARTS) is 1. The second-order valence-corrected chi connectivity index (χ2v) is 14.3. The van der Waals surface area contributed by atoms with Crippen LogP contribution < -0.4 is 0 Å².